The van der Waals surface area contributed by atoms with Gasteiger partial charge in [0.25, 0.3) is 0 Å². The van der Waals surface area contributed by atoms with Gasteiger partial charge in [-0.05, 0) is 38.2 Å². The molecule has 35 heavy (non-hydrogen) atoms. The van der Waals surface area contributed by atoms with E-state index in [1.807, 2.05) is 0 Å². The number of thioether (sulfide) groups is 1. The average Bonchev–Trinajstić information content (AvgIpc) is 3.47. The van der Waals surface area contributed by atoms with Gasteiger partial charge in [0.1, 0.15) is 0 Å². The van der Waals surface area contributed by atoms with Crippen LogP contribution in [0.5, 0.6) is 0 Å². The number of aromatic nitrogens is 4. The van der Waals surface area contributed by atoms with Gasteiger partial charge in [-0.1, -0.05) is 17.8 Å². The van der Waals surface area contributed by atoms with Crippen LogP contribution in [-0.4, -0.2) is 76.9 Å². The van der Waals surface area contributed by atoms with Crippen molar-refractivity contribution in [2.45, 2.75) is 75.1 Å². The number of nitrogens with zero attached hydrogens (tertiary/aromatic N) is 5. The molecule has 2 aromatic rings. The number of ether oxygens (including phenoxy) is 1. The SMILES string of the molecule is O=C(O)C(=O)O.O=c1n(CCCN2C3CCC2CC(OCc2cccnc2F)C3)nc2n1CCS2. The molecule has 0 saturated carbocycles. The van der Waals surface area contributed by atoms with Crippen LogP contribution in [0.4, 0.5) is 4.39 Å². The Bertz CT molecular complexity index is 1100. The van der Waals surface area contributed by atoms with E-state index < -0.39 is 17.9 Å². The van der Waals surface area contributed by atoms with E-state index in [0.717, 1.165) is 43.3 Å². The van der Waals surface area contributed by atoms with Crippen molar-refractivity contribution in [3.8, 4) is 0 Å². The van der Waals surface area contributed by atoms with Gasteiger partial charge in [-0.15, -0.1) is 5.10 Å². The molecule has 3 aliphatic heterocycles. The highest BCUT2D eigenvalue weighted by atomic mass is 32.2. The Labute approximate surface area is 204 Å². The van der Waals surface area contributed by atoms with Gasteiger partial charge < -0.3 is 14.9 Å². The van der Waals surface area contributed by atoms with Gasteiger partial charge in [0.05, 0.1) is 12.7 Å². The summed E-state index contributed by atoms with van der Waals surface area (Å²) < 4.78 is 23.1. The van der Waals surface area contributed by atoms with Crippen LogP contribution in [0, 0.1) is 5.95 Å². The van der Waals surface area contributed by atoms with Crippen molar-refractivity contribution >= 4 is 23.7 Å². The summed E-state index contributed by atoms with van der Waals surface area (Å²) >= 11 is 1.66. The molecule has 0 radical (unpaired) electrons. The number of fused-ring (bicyclic) bond motifs is 3. The van der Waals surface area contributed by atoms with Crippen LogP contribution in [-0.2, 0) is 34.0 Å². The Morgan fingerprint density at radius 3 is 2.51 bits per heavy atom. The summed E-state index contributed by atoms with van der Waals surface area (Å²) in [5.41, 5.74) is 0.556. The molecular formula is C22H28FN5O6S. The van der Waals surface area contributed by atoms with E-state index in [1.54, 1.807) is 33.1 Å². The fraction of sp³-hybridized carbons (Fsp3) is 0.591. The third-order valence-electron chi connectivity index (χ3n) is 6.56. The average molecular weight is 510 g/mol. The monoisotopic (exact) mass is 509 g/mol. The third-order valence-corrected chi connectivity index (χ3v) is 7.50. The van der Waals surface area contributed by atoms with Crippen LogP contribution >= 0.6 is 11.8 Å². The zero-order valence-corrected chi connectivity index (χ0v) is 19.9. The van der Waals surface area contributed by atoms with Crippen molar-refractivity contribution < 1.29 is 28.9 Å². The molecular weight excluding hydrogens is 481 g/mol. The van der Waals surface area contributed by atoms with E-state index in [0.29, 0.717) is 24.2 Å². The summed E-state index contributed by atoms with van der Waals surface area (Å²) in [4.78, 5) is 36.8. The zero-order chi connectivity index (χ0) is 24.9. The summed E-state index contributed by atoms with van der Waals surface area (Å²) in [6, 6.07) is 4.53. The Morgan fingerprint density at radius 2 is 1.89 bits per heavy atom. The van der Waals surface area contributed by atoms with Crippen LogP contribution in [0.1, 0.15) is 37.7 Å². The van der Waals surface area contributed by atoms with Gasteiger partial charge in [-0.2, -0.15) is 4.39 Å². The number of halogens is 1. The summed E-state index contributed by atoms with van der Waals surface area (Å²) in [6.07, 6.45) is 6.95. The molecule has 190 valence electrons. The lowest BCUT2D eigenvalue weighted by molar-refractivity contribution is -0.159. The molecule has 2 unspecified atom stereocenters. The molecule has 0 spiro atoms. The highest BCUT2D eigenvalue weighted by Gasteiger charge is 2.40. The Morgan fingerprint density at radius 1 is 1.17 bits per heavy atom. The molecule has 5 heterocycles. The first-order valence-corrected chi connectivity index (χ1v) is 12.6. The lowest BCUT2D eigenvalue weighted by Gasteiger charge is -2.38. The molecule has 0 aliphatic carbocycles. The molecule has 0 aromatic carbocycles. The van der Waals surface area contributed by atoms with Crippen molar-refractivity contribution in [1.82, 2.24) is 24.2 Å². The number of piperidine rings is 1. The molecule has 2 saturated heterocycles. The van der Waals surface area contributed by atoms with Gasteiger partial charge >= 0.3 is 17.6 Å². The zero-order valence-electron chi connectivity index (χ0n) is 19.1. The molecule has 2 fully saturated rings. The van der Waals surface area contributed by atoms with E-state index >= 15 is 0 Å². The fourth-order valence-corrected chi connectivity index (χ4v) is 5.89. The number of hydrogen-bond donors (Lipinski definition) is 2. The second kappa shape index (κ2) is 11.3. The molecule has 13 heteroatoms. The number of hydrogen-bond acceptors (Lipinski definition) is 8. The van der Waals surface area contributed by atoms with Crippen molar-refractivity contribution in [1.29, 1.82) is 0 Å². The predicted octanol–water partition coefficient (Wildman–Crippen LogP) is 1.44. The summed E-state index contributed by atoms with van der Waals surface area (Å²) in [5.74, 6) is -3.14. The topological polar surface area (TPSA) is 140 Å². The number of aliphatic carboxylic acids is 2. The number of aryl methyl sites for hydroxylation is 1. The van der Waals surface area contributed by atoms with Gasteiger partial charge in [0.15, 0.2) is 5.16 Å². The highest BCUT2D eigenvalue weighted by molar-refractivity contribution is 7.99. The lowest BCUT2D eigenvalue weighted by Crippen LogP contribution is -2.46. The van der Waals surface area contributed by atoms with Crippen molar-refractivity contribution in [3.05, 3.63) is 40.3 Å². The van der Waals surface area contributed by atoms with Crippen LogP contribution in [0.2, 0.25) is 0 Å². The first-order chi connectivity index (χ1) is 16.8. The molecule has 5 rings (SSSR count). The van der Waals surface area contributed by atoms with Crippen LogP contribution in [0.15, 0.2) is 28.3 Å². The molecule has 2 aromatic heterocycles. The minimum absolute atomic E-state index is 0.0303. The lowest BCUT2D eigenvalue weighted by atomic mass is 9.99. The Hall–Kier alpha value is -2.77. The van der Waals surface area contributed by atoms with Gasteiger partial charge in [-0.25, -0.2) is 24.0 Å². The van der Waals surface area contributed by atoms with E-state index in [9.17, 15) is 9.18 Å². The van der Waals surface area contributed by atoms with Crippen LogP contribution < -0.4 is 5.69 Å². The summed E-state index contributed by atoms with van der Waals surface area (Å²) in [5, 5.41) is 20.1. The smallest absolute Gasteiger partial charge is 0.414 e. The minimum atomic E-state index is -1.82. The number of rotatable bonds is 7. The molecule has 11 nitrogen and oxygen atoms in total. The Balaban J connectivity index is 0.000000431. The maximum absolute atomic E-state index is 13.7. The number of carboxylic acid groups (broad SMARTS) is 2. The molecule has 0 amide bonds. The van der Waals surface area contributed by atoms with E-state index in [2.05, 4.69) is 15.0 Å². The first-order valence-electron chi connectivity index (χ1n) is 11.6. The van der Waals surface area contributed by atoms with Gasteiger partial charge in [-0.3, -0.25) is 9.47 Å². The number of pyridine rings is 1. The second-order valence-corrected chi connectivity index (χ2v) is 9.79. The third kappa shape index (κ3) is 6.08. The van der Waals surface area contributed by atoms with Crippen LogP contribution in [0.3, 0.4) is 0 Å². The van der Waals surface area contributed by atoms with E-state index in [4.69, 9.17) is 24.5 Å². The predicted molar refractivity (Wildman–Crippen MR) is 123 cm³/mol. The standard InChI is InChI=1S/C20H26FN5O2S.C2H2O4/c21-18-14(3-1-6-22-18)13-28-17-11-15-4-5-16(12-17)24(15)7-2-8-26-20(27)25-9-10-29-19(25)23-26;3-1(4)2(5)6/h1,3,6,15-17H,2,4-5,7-13H2;(H,3,4)(H,5,6). The number of carbonyl (C=O) groups is 2. The van der Waals surface area contributed by atoms with Gasteiger partial charge in [0, 0.05) is 49.2 Å². The first kappa shape index (κ1) is 25.3. The normalized spacial score (nSPS) is 22.9. The van der Waals surface area contributed by atoms with Crippen molar-refractivity contribution in [3.63, 3.8) is 0 Å². The molecule has 2 bridgehead atoms. The quantitative estimate of drug-likeness (QED) is 0.416. The summed E-state index contributed by atoms with van der Waals surface area (Å²) in [7, 11) is 0. The van der Waals surface area contributed by atoms with Crippen LogP contribution in [0.25, 0.3) is 0 Å². The maximum Gasteiger partial charge on any atom is 0.414 e. The van der Waals surface area contributed by atoms with E-state index in [1.165, 1.54) is 19.0 Å². The van der Waals surface area contributed by atoms with Crippen molar-refractivity contribution in [2.75, 3.05) is 12.3 Å². The summed E-state index contributed by atoms with van der Waals surface area (Å²) in [6.45, 7) is 2.73. The minimum Gasteiger partial charge on any atom is -0.473 e. The number of carboxylic acids is 2. The molecule has 2 atom stereocenters. The molecule has 2 N–H and O–H groups in total. The van der Waals surface area contributed by atoms with Crippen molar-refractivity contribution in [2.24, 2.45) is 0 Å². The molecule has 3 aliphatic rings. The highest BCUT2D eigenvalue weighted by Crippen LogP contribution is 2.37. The fourth-order valence-electron chi connectivity index (χ4n) is 4.96. The van der Waals surface area contributed by atoms with Gasteiger partial charge in [0.2, 0.25) is 5.95 Å². The maximum atomic E-state index is 13.7. The van der Waals surface area contributed by atoms with E-state index in [-0.39, 0.29) is 18.4 Å². The largest absolute Gasteiger partial charge is 0.473 e. The second-order valence-electron chi connectivity index (χ2n) is 8.73. The Kier molecular flexibility index (Phi) is 8.19.